The van der Waals surface area contributed by atoms with E-state index in [2.05, 4.69) is 11.4 Å². The normalized spacial score (nSPS) is 24.0. The lowest BCUT2D eigenvalue weighted by Gasteiger charge is -2.37. The third-order valence-corrected chi connectivity index (χ3v) is 7.25. The highest BCUT2D eigenvalue weighted by Gasteiger charge is 2.77. The molecule has 3 aromatic rings. The van der Waals surface area contributed by atoms with Gasteiger partial charge in [0, 0.05) is 16.8 Å². The number of anilines is 2. The van der Waals surface area contributed by atoms with Gasteiger partial charge in [0.25, 0.3) is 5.91 Å². The molecule has 35 heavy (non-hydrogen) atoms. The van der Waals surface area contributed by atoms with Crippen molar-refractivity contribution < 1.29 is 14.3 Å². The van der Waals surface area contributed by atoms with Crippen LogP contribution in [0.2, 0.25) is 0 Å². The highest BCUT2D eigenvalue weighted by molar-refractivity contribution is 6.20. The first-order chi connectivity index (χ1) is 16.8. The van der Waals surface area contributed by atoms with Crippen LogP contribution in [0.3, 0.4) is 0 Å². The monoisotopic (exact) mass is 462 g/mol. The summed E-state index contributed by atoms with van der Waals surface area (Å²) in [4.78, 5) is 30.1. The Morgan fingerprint density at radius 1 is 1.00 bits per heavy atom. The fourth-order valence-electron chi connectivity index (χ4n) is 5.77. The van der Waals surface area contributed by atoms with Crippen LogP contribution in [0, 0.1) is 25.2 Å². The zero-order chi connectivity index (χ0) is 24.5. The summed E-state index contributed by atoms with van der Waals surface area (Å²) in [6, 6.07) is 22.8. The summed E-state index contributed by atoms with van der Waals surface area (Å²) in [6.07, 6.45) is 0. The van der Waals surface area contributed by atoms with E-state index in [4.69, 9.17) is 10.5 Å². The molecule has 3 aliphatic rings. The third-order valence-electron chi connectivity index (χ3n) is 7.25. The molecule has 0 unspecified atom stereocenters. The number of hydrogen-bond acceptors (Lipinski definition) is 5. The molecule has 2 atom stereocenters. The second kappa shape index (κ2) is 6.97. The van der Waals surface area contributed by atoms with E-state index in [-0.39, 0.29) is 18.0 Å². The molecular formula is C28H22N4O3. The number of fused-ring (bicyclic) bond motifs is 5. The van der Waals surface area contributed by atoms with Crippen LogP contribution >= 0.6 is 0 Å². The summed E-state index contributed by atoms with van der Waals surface area (Å²) in [6.45, 7) is 4.12. The van der Waals surface area contributed by atoms with Crippen molar-refractivity contribution in [3.05, 3.63) is 106 Å². The van der Waals surface area contributed by atoms with Crippen molar-refractivity contribution in [1.29, 1.82) is 5.26 Å². The van der Waals surface area contributed by atoms with Gasteiger partial charge in [0.1, 0.15) is 11.6 Å². The molecule has 0 aliphatic carbocycles. The number of nitrogens with two attached hydrogens (primary N) is 1. The van der Waals surface area contributed by atoms with Crippen molar-refractivity contribution in [1.82, 2.24) is 0 Å². The Balaban J connectivity index is 1.67. The van der Waals surface area contributed by atoms with E-state index in [1.165, 1.54) is 0 Å². The van der Waals surface area contributed by atoms with Gasteiger partial charge in [-0.05, 0) is 37.1 Å². The molecule has 172 valence electrons. The predicted octanol–water partition coefficient (Wildman–Crippen LogP) is 3.66. The van der Waals surface area contributed by atoms with Gasteiger partial charge >= 0.3 is 0 Å². The first-order valence-corrected chi connectivity index (χ1v) is 11.3. The maximum absolute atomic E-state index is 14.5. The Bertz CT molecular complexity index is 1520. The van der Waals surface area contributed by atoms with Gasteiger partial charge in [0.05, 0.1) is 12.2 Å². The largest absolute Gasteiger partial charge is 0.455 e. The molecule has 2 spiro atoms. The van der Waals surface area contributed by atoms with E-state index in [9.17, 15) is 14.9 Å². The Labute approximate surface area is 202 Å². The first-order valence-electron chi connectivity index (χ1n) is 11.3. The van der Waals surface area contributed by atoms with Gasteiger partial charge in [-0.15, -0.1) is 0 Å². The molecule has 3 aromatic carbocycles. The maximum atomic E-state index is 14.5. The van der Waals surface area contributed by atoms with Crippen LogP contribution < -0.4 is 16.0 Å². The number of amides is 2. The lowest BCUT2D eigenvalue weighted by Crippen LogP contribution is -2.57. The molecule has 2 amide bonds. The van der Waals surface area contributed by atoms with Crippen LogP contribution in [0.15, 0.2) is 78.2 Å². The minimum absolute atomic E-state index is 0.0548. The van der Waals surface area contributed by atoms with E-state index in [1.54, 1.807) is 11.0 Å². The fraction of sp³-hybridized carbons (Fsp3) is 0.179. The Kier molecular flexibility index (Phi) is 4.18. The number of hydrogen-bond donors (Lipinski definition) is 2. The molecule has 0 aromatic heterocycles. The highest BCUT2D eigenvalue weighted by atomic mass is 16.5. The number of carbonyl (C=O) groups excluding carboxylic acids is 2. The van der Waals surface area contributed by atoms with Crippen LogP contribution in [0.25, 0.3) is 0 Å². The Hall–Kier alpha value is -4.57. The van der Waals surface area contributed by atoms with Gasteiger partial charge in [-0.3, -0.25) is 9.59 Å². The van der Waals surface area contributed by atoms with E-state index in [0.29, 0.717) is 22.5 Å². The van der Waals surface area contributed by atoms with E-state index >= 15 is 0 Å². The van der Waals surface area contributed by atoms with Gasteiger partial charge < -0.3 is 20.7 Å². The number of ether oxygens (including phenoxy) is 1. The summed E-state index contributed by atoms with van der Waals surface area (Å²) >= 11 is 0. The molecule has 6 rings (SSSR count). The summed E-state index contributed by atoms with van der Waals surface area (Å²) < 4.78 is 6.25. The molecule has 3 aliphatic heterocycles. The van der Waals surface area contributed by atoms with Crippen molar-refractivity contribution in [2.75, 3.05) is 10.2 Å². The SMILES string of the molecule is Cc1ccc2c(c1)N(Cc1ccccc1)C(=O)[C@@]21OC(N)=C(C#N)[C@@]12C(=O)Nc1ccc(C)cc12. The zero-order valence-electron chi connectivity index (χ0n) is 19.3. The standard InChI is InChI=1S/C28H22N4O3/c1-16-9-11-22-20(12-16)27(25(33)31-22)21(14-29)24(30)35-28(27)19-10-8-17(2)13-23(19)32(26(28)34)15-18-6-4-3-5-7-18/h3-13H,15,30H2,1-2H3,(H,31,33)/t27-,28-/m0/s1. The van der Waals surface area contributed by atoms with E-state index < -0.39 is 22.8 Å². The minimum atomic E-state index is -1.84. The van der Waals surface area contributed by atoms with Gasteiger partial charge in [-0.1, -0.05) is 60.2 Å². The Morgan fingerprint density at radius 2 is 1.71 bits per heavy atom. The van der Waals surface area contributed by atoms with Gasteiger partial charge in [-0.25, -0.2) is 0 Å². The van der Waals surface area contributed by atoms with Crippen LogP contribution in [0.5, 0.6) is 0 Å². The molecule has 3 N–H and O–H groups in total. The summed E-state index contributed by atoms with van der Waals surface area (Å²) in [5.74, 6) is -1.14. The minimum Gasteiger partial charge on any atom is -0.455 e. The number of nitrogens with zero attached hydrogens (tertiary/aromatic N) is 2. The number of carbonyl (C=O) groups is 2. The summed E-state index contributed by atoms with van der Waals surface area (Å²) in [5, 5.41) is 13.1. The van der Waals surface area contributed by atoms with Gasteiger partial charge in [0.2, 0.25) is 17.4 Å². The van der Waals surface area contributed by atoms with Crippen LogP contribution in [-0.4, -0.2) is 11.8 Å². The fourth-order valence-corrected chi connectivity index (χ4v) is 5.77. The molecule has 7 nitrogen and oxygen atoms in total. The average molecular weight is 463 g/mol. The van der Waals surface area contributed by atoms with Crippen LogP contribution in [-0.2, 0) is 31.9 Å². The molecule has 0 saturated heterocycles. The van der Waals surface area contributed by atoms with Crippen molar-refractivity contribution in [3.63, 3.8) is 0 Å². The average Bonchev–Trinajstić information content (AvgIpc) is 3.37. The van der Waals surface area contributed by atoms with Crippen molar-refractivity contribution in [3.8, 4) is 6.07 Å². The van der Waals surface area contributed by atoms with Gasteiger partial charge in [0.15, 0.2) is 5.41 Å². The summed E-state index contributed by atoms with van der Waals surface area (Å²) in [7, 11) is 0. The topological polar surface area (TPSA) is 108 Å². The van der Waals surface area contributed by atoms with Crippen molar-refractivity contribution in [2.45, 2.75) is 31.4 Å². The molecule has 3 heterocycles. The lowest BCUT2D eigenvalue weighted by molar-refractivity contribution is -0.148. The molecule has 0 saturated carbocycles. The number of aryl methyl sites for hydroxylation is 2. The Morgan fingerprint density at radius 3 is 2.46 bits per heavy atom. The third kappa shape index (κ3) is 2.43. The van der Waals surface area contributed by atoms with Crippen molar-refractivity contribution in [2.24, 2.45) is 5.73 Å². The maximum Gasteiger partial charge on any atom is 0.278 e. The van der Waals surface area contributed by atoms with Crippen LogP contribution in [0.4, 0.5) is 11.4 Å². The molecule has 0 radical (unpaired) electrons. The number of rotatable bonds is 2. The highest BCUT2D eigenvalue weighted by Crippen LogP contribution is 2.64. The quantitative estimate of drug-likeness (QED) is 0.604. The van der Waals surface area contributed by atoms with Crippen LogP contribution in [0.1, 0.15) is 27.8 Å². The molecular weight excluding hydrogens is 440 g/mol. The van der Waals surface area contributed by atoms with Crippen molar-refractivity contribution >= 4 is 23.2 Å². The smallest absolute Gasteiger partial charge is 0.278 e. The predicted molar refractivity (Wildman–Crippen MR) is 130 cm³/mol. The zero-order valence-corrected chi connectivity index (χ0v) is 19.3. The second-order valence-corrected chi connectivity index (χ2v) is 9.28. The second-order valence-electron chi connectivity index (χ2n) is 9.28. The lowest BCUT2D eigenvalue weighted by atomic mass is 9.62. The van der Waals surface area contributed by atoms with Gasteiger partial charge in [-0.2, -0.15) is 5.26 Å². The number of nitriles is 1. The number of nitrogens with one attached hydrogen (secondary N) is 1. The van der Waals surface area contributed by atoms with E-state index in [1.807, 2.05) is 74.5 Å². The summed E-state index contributed by atoms with van der Waals surface area (Å²) in [5.41, 5.74) is 7.60. The molecule has 0 fully saturated rings. The molecule has 7 heteroatoms. The molecule has 0 bridgehead atoms. The number of benzene rings is 3. The van der Waals surface area contributed by atoms with E-state index in [0.717, 1.165) is 16.7 Å². The first kappa shape index (κ1) is 21.0.